The molecule has 1 aliphatic rings. The van der Waals surface area contributed by atoms with E-state index in [2.05, 4.69) is 14.7 Å². The lowest BCUT2D eigenvalue weighted by molar-refractivity contribution is -0.117. The number of aromatic nitrogens is 1. The number of nitrogens with two attached hydrogens (primary N) is 2. The molecule has 4 rings (SSSR count). The average Bonchev–Trinajstić information content (AvgIpc) is 3.48. The number of amides is 1. The Balaban J connectivity index is 1.43. The molecule has 1 aliphatic carbocycles. The molecule has 1 amide bonds. The van der Waals surface area contributed by atoms with Crippen molar-refractivity contribution in [2.75, 3.05) is 5.32 Å². The van der Waals surface area contributed by atoms with Crippen LogP contribution in [0.15, 0.2) is 70.2 Å². The van der Waals surface area contributed by atoms with Crippen LogP contribution in [0.25, 0.3) is 10.8 Å². The van der Waals surface area contributed by atoms with Gasteiger partial charge in [0.25, 0.3) is 10.0 Å². The third-order valence-electron chi connectivity index (χ3n) is 4.87. The van der Waals surface area contributed by atoms with Crippen LogP contribution in [-0.2, 0) is 14.8 Å². The molecule has 8 nitrogen and oxygen atoms in total. The summed E-state index contributed by atoms with van der Waals surface area (Å²) in [6.07, 6.45) is 4.19. The molecule has 2 atom stereocenters. The number of nitrogens with one attached hydrogen (secondary N) is 1. The number of hydrogen-bond acceptors (Lipinski definition) is 4. The van der Waals surface area contributed by atoms with Gasteiger partial charge < -0.3 is 16.8 Å². The third kappa shape index (κ3) is 4.04. The molecule has 0 saturated heterocycles. The number of sulfonamides is 1. The smallest absolute Gasteiger partial charge is 0.285 e. The molecule has 1 aromatic heterocycles. The number of hydrogen-bond donors (Lipinski definition) is 3. The molecule has 1 heterocycles. The van der Waals surface area contributed by atoms with E-state index in [1.807, 2.05) is 24.3 Å². The maximum atomic E-state index is 12.6. The highest BCUT2D eigenvalue weighted by Gasteiger charge is 2.44. The molecular formula is C20H19N5O3S. The highest BCUT2D eigenvalue weighted by molar-refractivity contribution is 7.90. The summed E-state index contributed by atoms with van der Waals surface area (Å²) in [6, 6.07) is 13.8. The Morgan fingerprint density at radius 2 is 1.83 bits per heavy atom. The van der Waals surface area contributed by atoms with Gasteiger partial charge in [0.15, 0.2) is 0 Å². The normalized spacial score (nSPS) is 18.2. The minimum absolute atomic E-state index is 0.00181. The highest BCUT2D eigenvalue weighted by Crippen LogP contribution is 2.48. The Morgan fingerprint density at radius 3 is 2.55 bits per heavy atom. The van der Waals surface area contributed by atoms with Gasteiger partial charge in [-0.1, -0.05) is 18.2 Å². The first-order chi connectivity index (χ1) is 13.8. The van der Waals surface area contributed by atoms with Gasteiger partial charge in [-0.2, -0.15) is 8.42 Å². The van der Waals surface area contributed by atoms with Crippen LogP contribution in [0.4, 0.5) is 5.69 Å². The fourth-order valence-corrected chi connectivity index (χ4v) is 4.19. The number of anilines is 1. The van der Waals surface area contributed by atoms with Crippen molar-refractivity contribution >= 4 is 38.3 Å². The number of fused-ring (bicyclic) bond motifs is 1. The van der Waals surface area contributed by atoms with Crippen molar-refractivity contribution in [1.82, 2.24) is 4.98 Å². The highest BCUT2D eigenvalue weighted by atomic mass is 32.2. The molecule has 1 fully saturated rings. The van der Waals surface area contributed by atoms with Crippen LogP contribution >= 0.6 is 0 Å². The lowest BCUT2D eigenvalue weighted by Crippen LogP contribution is -2.24. The number of pyridine rings is 1. The van der Waals surface area contributed by atoms with E-state index in [0.717, 1.165) is 22.0 Å². The van der Waals surface area contributed by atoms with Crippen LogP contribution in [0.5, 0.6) is 0 Å². The molecule has 0 bridgehead atoms. The second-order valence-electron chi connectivity index (χ2n) is 6.94. The Labute approximate surface area is 167 Å². The summed E-state index contributed by atoms with van der Waals surface area (Å²) in [5.74, 6) is -0.665. The van der Waals surface area contributed by atoms with Gasteiger partial charge >= 0.3 is 0 Å². The molecule has 9 heteroatoms. The number of carbonyl (C=O) groups excluding carboxylic acids is 1. The Morgan fingerprint density at radius 1 is 1.07 bits per heavy atom. The van der Waals surface area contributed by atoms with E-state index in [9.17, 15) is 13.2 Å². The molecule has 29 heavy (non-hydrogen) atoms. The molecule has 0 unspecified atom stereocenters. The molecule has 0 spiro atoms. The van der Waals surface area contributed by atoms with Crippen molar-refractivity contribution in [2.24, 2.45) is 21.8 Å². The van der Waals surface area contributed by atoms with E-state index < -0.39 is 16.0 Å². The zero-order valence-electron chi connectivity index (χ0n) is 15.3. The van der Waals surface area contributed by atoms with Crippen molar-refractivity contribution in [1.29, 1.82) is 0 Å². The van der Waals surface area contributed by atoms with Crippen LogP contribution < -0.4 is 16.8 Å². The van der Waals surface area contributed by atoms with Crippen molar-refractivity contribution in [3.63, 3.8) is 0 Å². The van der Waals surface area contributed by atoms with Gasteiger partial charge in [-0.3, -0.25) is 9.78 Å². The second kappa shape index (κ2) is 7.17. The lowest BCUT2D eigenvalue weighted by Gasteiger charge is -2.07. The second-order valence-corrected chi connectivity index (χ2v) is 8.54. The van der Waals surface area contributed by atoms with E-state index in [-0.39, 0.29) is 22.6 Å². The molecule has 5 N–H and O–H groups in total. The van der Waals surface area contributed by atoms with Gasteiger partial charge in [-0.05, 0) is 53.6 Å². The third-order valence-corrected chi connectivity index (χ3v) is 6.19. The quantitative estimate of drug-likeness (QED) is 0.434. The topological polar surface area (TPSA) is 141 Å². The van der Waals surface area contributed by atoms with Crippen LogP contribution in [0, 0.1) is 5.92 Å². The van der Waals surface area contributed by atoms with Gasteiger partial charge in [0, 0.05) is 29.4 Å². The first kappa shape index (κ1) is 18.9. The van der Waals surface area contributed by atoms with E-state index in [4.69, 9.17) is 11.5 Å². The van der Waals surface area contributed by atoms with Crippen LogP contribution in [0.1, 0.15) is 17.9 Å². The summed E-state index contributed by atoms with van der Waals surface area (Å²) < 4.78 is 27.2. The van der Waals surface area contributed by atoms with Gasteiger partial charge in [0.2, 0.25) is 11.9 Å². The number of rotatable bonds is 5. The number of carbonyl (C=O) groups is 1. The number of nitrogens with zero attached hydrogens (tertiary/aromatic N) is 2. The summed E-state index contributed by atoms with van der Waals surface area (Å²) >= 11 is 0. The predicted octanol–water partition coefficient (Wildman–Crippen LogP) is 1.94. The lowest BCUT2D eigenvalue weighted by atomic mass is 10.1. The van der Waals surface area contributed by atoms with E-state index in [1.165, 1.54) is 12.1 Å². The zero-order chi connectivity index (χ0) is 20.6. The summed E-state index contributed by atoms with van der Waals surface area (Å²) in [5.41, 5.74) is 11.9. The van der Waals surface area contributed by atoms with Crippen molar-refractivity contribution in [2.45, 2.75) is 17.2 Å². The van der Waals surface area contributed by atoms with E-state index in [1.54, 1.807) is 24.5 Å². The standard InChI is InChI=1S/C20H19N5O3S/c21-20(22)25-29(27,28)16-5-2-12(3-6-16)17-10-18(17)19(26)24-15-4-1-14-11-23-8-7-13(14)9-15/h1-9,11,17-18H,10H2,(H,24,26)(H4,21,22,25)/t17-,18+/m0/s1. The SMILES string of the molecule is NC(N)=NS(=O)(=O)c1ccc([C@@H]2C[C@H]2C(=O)Nc2ccc3cnccc3c2)cc1. The Bertz CT molecular complexity index is 1220. The van der Waals surface area contributed by atoms with E-state index in [0.29, 0.717) is 6.42 Å². The zero-order valence-corrected chi connectivity index (χ0v) is 16.1. The molecule has 1 saturated carbocycles. The first-order valence-corrected chi connectivity index (χ1v) is 10.4. The Kier molecular flexibility index (Phi) is 4.67. The predicted molar refractivity (Wildman–Crippen MR) is 111 cm³/mol. The van der Waals surface area contributed by atoms with Crippen LogP contribution in [-0.4, -0.2) is 25.3 Å². The summed E-state index contributed by atoms with van der Waals surface area (Å²) in [4.78, 5) is 16.7. The molecule has 2 aromatic carbocycles. The summed E-state index contributed by atoms with van der Waals surface area (Å²) in [7, 11) is -3.92. The van der Waals surface area contributed by atoms with Gasteiger partial charge in [-0.15, -0.1) is 4.40 Å². The molecule has 148 valence electrons. The molecule has 0 aliphatic heterocycles. The largest absolute Gasteiger partial charge is 0.369 e. The van der Waals surface area contributed by atoms with Gasteiger partial charge in [-0.25, -0.2) is 0 Å². The fourth-order valence-electron chi connectivity index (χ4n) is 3.33. The first-order valence-electron chi connectivity index (χ1n) is 8.94. The average molecular weight is 409 g/mol. The van der Waals surface area contributed by atoms with Crippen molar-refractivity contribution in [3.8, 4) is 0 Å². The monoisotopic (exact) mass is 409 g/mol. The summed E-state index contributed by atoms with van der Waals surface area (Å²) in [5, 5.41) is 4.96. The van der Waals surface area contributed by atoms with Crippen molar-refractivity contribution < 1.29 is 13.2 Å². The Hall–Kier alpha value is -3.46. The fraction of sp³-hybridized carbons (Fsp3) is 0.150. The minimum atomic E-state index is -3.92. The van der Waals surface area contributed by atoms with Crippen LogP contribution in [0.2, 0.25) is 0 Å². The van der Waals surface area contributed by atoms with Gasteiger partial charge in [0.1, 0.15) is 0 Å². The molecule has 3 aromatic rings. The molecule has 0 radical (unpaired) electrons. The maximum Gasteiger partial charge on any atom is 0.285 e. The minimum Gasteiger partial charge on any atom is -0.369 e. The maximum absolute atomic E-state index is 12.6. The van der Waals surface area contributed by atoms with Gasteiger partial charge in [0.05, 0.1) is 4.90 Å². The van der Waals surface area contributed by atoms with E-state index >= 15 is 0 Å². The summed E-state index contributed by atoms with van der Waals surface area (Å²) in [6.45, 7) is 0. The van der Waals surface area contributed by atoms with Crippen molar-refractivity contribution in [3.05, 3.63) is 66.5 Å². The number of benzene rings is 2. The number of guanidine groups is 1. The van der Waals surface area contributed by atoms with Crippen LogP contribution in [0.3, 0.4) is 0 Å². The molecular weight excluding hydrogens is 390 g/mol.